The van der Waals surface area contributed by atoms with Gasteiger partial charge >= 0.3 is 5.97 Å². The molecule has 0 aliphatic carbocycles. The van der Waals surface area contributed by atoms with Crippen LogP contribution in [0.15, 0.2) is 59.5 Å². The molecule has 0 spiro atoms. The predicted octanol–water partition coefficient (Wildman–Crippen LogP) is 3.02. The van der Waals surface area contributed by atoms with E-state index in [0.717, 1.165) is 16.1 Å². The molecule has 2 rings (SSSR count). The van der Waals surface area contributed by atoms with Crippen molar-refractivity contribution in [1.82, 2.24) is 10.7 Å². The van der Waals surface area contributed by atoms with Crippen molar-refractivity contribution in [2.45, 2.75) is 17.9 Å². The molecule has 0 aliphatic rings. The van der Waals surface area contributed by atoms with Crippen molar-refractivity contribution in [3.8, 4) is 0 Å². The topological polar surface area (TPSA) is 64.4 Å². The Bertz CT molecular complexity index is 704. The Morgan fingerprint density at radius 3 is 2.67 bits per heavy atom. The Kier molecular flexibility index (Phi) is 6.69. The molecule has 0 saturated carbocycles. The minimum absolute atomic E-state index is 0.0620. The molecule has 2 aromatic carbocycles. The summed E-state index contributed by atoms with van der Waals surface area (Å²) in [5.74, 6) is -0.903. The lowest BCUT2D eigenvalue weighted by atomic mass is 10.1. The lowest BCUT2D eigenvalue weighted by molar-refractivity contribution is -0.512. The molecule has 3 N–H and O–H groups in total. The molecule has 0 aromatic heterocycles. The van der Waals surface area contributed by atoms with Gasteiger partial charge in [-0.05, 0) is 30.9 Å². The second kappa shape index (κ2) is 8.98. The largest absolute Gasteiger partial charge is 0.478 e. The van der Waals surface area contributed by atoms with Gasteiger partial charge in [-0.1, -0.05) is 36.4 Å². The Morgan fingerprint density at radius 1 is 1.25 bits per heavy atom. The van der Waals surface area contributed by atoms with Gasteiger partial charge in [-0.3, -0.25) is 5.32 Å². The fourth-order valence-electron chi connectivity index (χ4n) is 2.20. The third-order valence-corrected chi connectivity index (χ3v) is 4.16. The van der Waals surface area contributed by atoms with E-state index in [0.29, 0.717) is 0 Å². The second-order valence-corrected chi connectivity index (χ2v) is 6.12. The van der Waals surface area contributed by atoms with Crippen molar-refractivity contribution < 1.29 is 14.6 Å². The smallest absolute Gasteiger partial charge is 0.345 e. The number of aliphatic carboxylic acids is 1. The summed E-state index contributed by atoms with van der Waals surface area (Å²) in [7, 11) is 0. The van der Waals surface area contributed by atoms with Crippen molar-refractivity contribution in [3.63, 3.8) is 0 Å². The fourth-order valence-corrected chi connectivity index (χ4v) is 2.65. The normalized spacial score (nSPS) is 12.5. The first kappa shape index (κ1) is 17.9. The number of carboxylic acids is 1. The summed E-state index contributed by atoms with van der Waals surface area (Å²) < 4.78 is 1.82. The number of nitrogens with one attached hydrogen (secondary N) is 2. The third-order valence-electron chi connectivity index (χ3n) is 3.44. The fraction of sp³-hybridized carbons (Fsp3) is 0.222. The average Bonchev–Trinajstić information content (AvgIpc) is 2.61. The van der Waals surface area contributed by atoms with Crippen LogP contribution in [0.3, 0.4) is 0 Å². The number of carboxylic acid groups (broad SMARTS) is 1. The van der Waals surface area contributed by atoms with E-state index in [1.165, 1.54) is 0 Å². The highest BCUT2D eigenvalue weighted by atomic mass is 32.2. The zero-order valence-electron chi connectivity index (χ0n) is 13.8. The van der Waals surface area contributed by atoms with E-state index in [9.17, 15) is 4.79 Å². The Morgan fingerprint density at radius 2 is 2.00 bits per heavy atom. The van der Waals surface area contributed by atoms with Gasteiger partial charge in [0.1, 0.15) is 0 Å². The Hall–Kier alpha value is -2.47. The lowest BCUT2D eigenvalue weighted by Crippen LogP contribution is -2.34. The van der Waals surface area contributed by atoms with Crippen molar-refractivity contribution in [2.75, 3.05) is 12.8 Å². The maximum absolute atomic E-state index is 10.7. The number of carbonyl (C=O) groups is 1. The van der Waals surface area contributed by atoms with Crippen LogP contribution in [-0.2, 0) is 4.79 Å². The minimum Gasteiger partial charge on any atom is -0.478 e. The molecule has 5 nitrogen and oxygen atoms in total. The van der Waals surface area contributed by atoms with Gasteiger partial charge in [0, 0.05) is 11.0 Å². The van der Waals surface area contributed by atoms with Gasteiger partial charge in [0.15, 0.2) is 12.2 Å². The third kappa shape index (κ3) is 5.31. The minimum atomic E-state index is -0.903. The van der Waals surface area contributed by atoms with Crippen molar-refractivity contribution in [3.05, 3.63) is 60.2 Å². The van der Waals surface area contributed by atoms with Gasteiger partial charge in [0.05, 0.1) is 6.04 Å². The van der Waals surface area contributed by atoms with Crippen LogP contribution in [0, 0.1) is 0 Å². The first-order chi connectivity index (χ1) is 11.6. The van der Waals surface area contributed by atoms with Gasteiger partial charge in [-0.25, -0.2) is 10.2 Å². The maximum atomic E-state index is 10.7. The monoisotopic (exact) mass is 344 g/mol. The van der Waals surface area contributed by atoms with Crippen molar-refractivity contribution in [2.24, 2.45) is 0 Å². The molecule has 1 atom stereocenters. The van der Waals surface area contributed by atoms with E-state index < -0.39 is 5.97 Å². The molecule has 0 radical (unpaired) electrons. The molecule has 0 aliphatic heterocycles. The molecular weight excluding hydrogens is 322 g/mol. The van der Waals surface area contributed by atoms with E-state index in [1.807, 2.05) is 53.4 Å². The highest BCUT2D eigenvalue weighted by Crippen LogP contribution is 2.21. The molecule has 2 aromatic rings. The number of hydrogen-bond donors (Lipinski definition) is 3. The zero-order valence-corrected chi connectivity index (χ0v) is 14.6. The molecular formula is C18H22N3O2S+. The van der Waals surface area contributed by atoms with E-state index in [-0.39, 0.29) is 12.6 Å². The summed E-state index contributed by atoms with van der Waals surface area (Å²) in [4.78, 5) is 11.9. The second-order valence-electron chi connectivity index (χ2n) is 5.24. The molecule has 24 heavy (non-hydrogen) atoms. The number of nitrogens with zero attached hydrogens (tertiary/aromatic N) is 1. The van der Waals surface area contributed by atoms with Crippen molar-refractivity contribution in [1.29, 1.82) is 0 Å². The summed E-state index contributed by atoms with van der Waals surface area (Å²) in [6.45, 7) is 1.92. The standard InChI is InChI=1S/C18H21N3O2S/c1-14(15-7-4-3-5-8-15)20-21(13-19-12-18(22)23)16-9-6-10-17(11-16)24-2/h3-11,13-14,20H,12H2,1-2H3,(H,22,23)/p+1/t14-/m0/s1. The molecule has 0 saturated heterocycles. The van der Waals surface area contributed by atoms with E-state index in [1.54, 1.807) is 18.1 Å². The van der Waals surface area contributed by atoms with E-state index in [4.69, 9.17) is 5.11 Å². The van der Waals surface area contributed by atoms with Crippen LogP contribution in [0.5, 0.6) is 0 Å². The summed E-state index contributed by atoms with van der Waals surface area (Å²) >= 11 is 1.66. The van der Waals surface area contributed by atoms with Gasteiger partial charge < -0.3 is 5.11 Å². The molecule has 0 heterocycles. The van der Waals surface area contributed by atoms with Crippen LogP contribution in [0.4, 0.5) is 5.69 Å². The molecule has 0 amide bonds. The van der Waals surface area contributed by atoms with Gasteiger partial charge in [0.25, 0.3) is 6.34 Å². The van der Waals surface area contributed by atoms with Crippen LogP contribution in [0.1, 0.15) is 18.5 Å². The molecule has 0 bridgehead atoms. The number of hydrazine groups is 1. The first-order valence-corrected chi connectivity index (χ1v) is 8.85. The van der Waals surface area contributed by atoms with E-state index in [2.05, 4.69) is 29.8 Å². The quantitative estimate of drug-likeness (QED) is 0.226. The molecule has 0 unspecified atom stereocenters. The zero-order chi connectivity index (χ0) is 17.4. The SMILES string of the molecule is CSc1cccc([N+](=CNCC(=O)O)N[C@@H](C)c2ccccc2)c1. The summed E-state index contributed by atoms with van der Waals surface area (Å²) in [6, 6.07) is 18.2. The average molecular weight is 344 g/mol. The number of hydrogen-bond acceptors (Lipinski definition) is 3. The van der Waals surface area contributed by atoms with Gasteiger partial charge in [-0.15, -0.1) is 16.4 Å². The number of hydrazone groups is 1. The molecule has 6 heteroatoms. The lowest BCUT2D eigenvalue weighted by Gasteiger charge is -2.16. The summed E-state index contributed by atoms with van der Waals surface area (Å²) in [5.41, 5.74) is 5.47. The van der Waals surface area contributed by atoms with Gasteiger partial charge in [-0.2, -0.15) is 0 Å². The highest BCUT2D eigenvalue weighted by Gasteiger charge is 2.12. The number of rotatable bonds is 8. The van der Waals surface area contributed by atoms with Crippen molar-refractivity contribution >= 4 is 29.8 Å². The molecule has 0 fully saturated rings. The summed E-state index contributed by atoms with van der Waals surface area (Å²) in [5, 5.41) is 11.6. The number of thioether (sulfide) groups is 1. The highest BCUT2D eigenvalue weighted by molar-refractivity contribution is 7.98. The number of benzene rings is 2. The maximum Gasteiger partial charge on any atom is 0.345 e. The van der Waals surface area contributed by atoms with Crippen LogP contribution in [-0.4, -0.2) is 34.9 Å². The van der Waals surface area contributed by atoms with E-state index >= 15 is 0 Å². The van der Waals surface area contributed by atoms with Crippen LogP contribution < -0.4 is 10.7 Å². The molecule has 126 valence electrons. The van der Waals surface area contributed by atoms with Crippen LogP contribution >= 0.6 is 11.8 Å². The predicted molar refractivity (Wildman–Crippen MR) is 97.8 cm³/mol. The first-order valence-electron chi connectivity index (χ1n) is 7.63. The van der Waals surface area contributed by atoms with Crippen LogP contribution in [0.25, 0.3) is 0 Å². The summed E-state index contributed by atoms with van der Waals surface area (Å²) in [6.07, 6.45) is 3.67. The Balaban J connectivity index is 2.23. The van der Waals surface area contributed by atoms with Crippen LogP contribution in [0.2, 0.25) is 0 Å². The van der Waals surface area contributed by atoms with Gasteiger partial charge in [0.2, 0.25) is 0 Å². The Labute approximate surface area is 146 Å².